The van der Waals surface area contributed by atoms with Gasteiger partial charge in [-0.3, -0.25) is 19.3 Å². The van der Waals surface area contributed by atoms with Crippen molar-refractivity contribution in [1.29, 1.82) is 0 Å². The molecule has 1 aliphatic heterocycles. The molecule has 136 valence electrons. The van der Waals surface area contributed by atoms with Crippen molar-refractivity contribution in [2.75, 3.05) is 11.9 Å². The highest BCUT2D eigenvalue weighted by atomic mass is 16.2. The molecule has 7 nitrogen and oxygen atoms in total. The number of fused-ring (bicyclic) bond motifs is 1. The number of nitrogens with one attached hydrogen (secondary N) is 1. The summed E-state index contributed by atoms with van der Waals surface area (Å²) in [5.41, 5.74) is 3.33. The number of rotatable bonds is 5. The molecule has 1 aliphatic rings. The molecule has 0 aliphatic carbocycles. The lowest BCUT2D eigenvalue weighted by Crippen LogP contribution is -2.32. The van der Waals surface area contributed by atoms with Gasteiger partial charge in [-0.05, 0) is 24.3 Å². The van der Waals surface area contributed by atoms with Gasteiger partial charge >= 0.3 is 0 Å². The number of anilines is 1. The summed E-state index contributed by atoms with van der Waals surface area (Å²) in [6.07, 6.45) is 4.46. The number of pyridine rings is 1. The molecular weight excluding hydrogens is 344 g/mol. The van der Waals surface area contributed by atoms with Crippen molar-refractivity contribution in [1.82, 2.24) is 14.3 Å². The Morgan fingerprint density at radius 1 is 1.04 bits per heavy atom. The maximum absolute atomic E-state index is 12.1. The smallest absolute Gasteiger partial charge is 0.229 e. The van der Waals surface area contributed by atoms with Crippen molar-refractivity contribution in [3.63, 3.8) is 0 Å². The molecule has 3 aromatic rings. The van der Waals surface area contributed by atoms with Crippen molar-refractivity contribution in [2.45, 2.75) is 19.3 Å². The molecule has 3 amide bonds. The first-order chi connectivity index (χ1) is 13.1. The van der Waals surface area contributed by atoms with Crippen LogP contribution < -0.4 is 5.32 Å². The second-order valence-corrected chi connectivity index (χ2v) is 6.41. The summed E-state index contributed by atoms with van der Waals surface area (Å²) in [4.78, 5) is 40.9. The van der Waals surface area contributed by atoms with Crippen LogP contribution in [0.3, 0.4) is 0 Å². The van der Waals surface area contributed by atoms with Gasteiger partial charge in [0.25, 0.3) is 0 Å². The predicted molar refractivity (Wildman–Crippen MR) is 99.8 cm³/mol. The van der Waals surface area contributed by atoms with E-state index < -0.39 is 0 Å². The summed E-state index contributed by atoms with van der Waals surface area (Å²) in [5, 5.41) is 2.79. The van der Waals surface area contributed by atoms with Crippen molar-refractivity contribution in [3.8, 4) is 11.3 Å². The second kappa shape index (κ2) is 7.03. The lowest BCUT2D eigenvalue weighted by Gasteiger charge is -2.13. The van der Waals surface area contributed by atoms with Gasteiger partial charge in [-0.15, -0.1) is 0 Å². The van der Waals surface area contributed by atoms with Crippen molar-refractivity contribution in [2.24, 2.45) is 0 Å². The molecule has 0 radical (unpaired) electrons. The van der Waals surface area contributed by atoms with Crippen LogP contribution in [0.4, 0.5) is 5.69 Å². The van der Waals surface area contributed by atoms with Crippen LogP contribution in [0, 0.1) is 0 Å². The van der Waals surface area contributed by atoms with E-state index in [9.17, 15) is 14.4 Å². The lowest BCUT2D eigenvalue weighted by molar-refractivity contribution is -0.138. The Kier molecular flexibility index (Phi) is 4.42. The number of hydrogen-bond acceptors (Lipinski definition) is 4. The summed E-state index contributed by atoms with van der Waals surface area (Å²) in [5.74, 6) is -0.641. The fourth-order valence-corrected chi connectivity index (χ4v) is 3.11. The fourth-order valence-electron chi connectivity index (χ4n) is 3.11. The van der Waals surface area contributed by atoms with Crippen LogP contribution in [0.5, 0.6) is 0 Å². The molecular formula is C20H18N4O3. The maximum atomic E-state index is 12.1. The molecule has 7 heteroatoms. The molecule has 27 heavy (non-hydrogen) atoms. The van der Waals surface area contributed by atoms with E-state index in [0.29, 0.717) is 5.69 Å². The largest absolute Gasteiger partial charge is 0.326 e. The third-order valence-corrected chi connectivity index (χ3v) is 4.55. The van der Waals surface area contributed by atoms with Gasteiger partial charge in [0.2, 0.25) is 17.7 Å². The molecule has 0 bridgehead atoms. The van der Waals surface area contributed by atoms with Crippen LogP contribution in [-0.4, -0.2) is 38.6 Å². The van der Waals surface area contributed by atoms with Crippen LogP contribution in [0.2, 0.25) is 0 Å². The van der Waals surface area contributed by atoms with Gasteiger partial charge in [-0.1, -0.05) is 18.2 Å². The number of carbonyl (C=O) groups is 3. The molecule has 4 rings (SSSR count). The molecule has 3 heterocycles. The van der Waals surface area contributed by atoms with E-state index in [4.69, 9.17) is 0 Å². The topological polar surface area (TPSA) is 83.8 Å². The molecule has 1 saturated heterocycles. The van der Waals surface area contributed by atoms with E-state index in [1.165, 1.54) is 0 Å². The number of imide groups is 1. The van der Waals surface area contributed by atoms with Crippen molar-refractivity contribution < 1.29 is 14.4 Å². The van der Waals surface area contributed by atoms with E-state index >= 15 is 0 Å². The summed E-state index contributed by atoms with van der Waals surface area (Å²) in [6.45, 7) is 0.128. The summed E-state index contributed by atoms with van der Waals surface area (Å²) in [6, 6.07) is 13.2. The predicted octanol–water partition coefficient (Wildman–Crippen LogP) is 2.48. The number of amides is 3. The molecule has 2 aromatic heterocycles. The van der Waals surface area contributed by atoms with Crippen LogP contribution in [0.25, 0.3) is 16.9 Å². The Morgan fingerprint density at radius 2 is 1.78 bits per heavy atom. The van der Waals surface area contributed by atoms with Gasteiger partial charge < -0.3 is 9.72 Å². The Bertz CT molecular complexity index is 974. The Morgan fingerprint density at radius 3 is 2.48 bits per heavy atom. The van der Waals surface area contributed by atoms with Gasteiger partial charge in [0.1, 0.15) is 5.65 Å². The van der Waals surface area contributed by atoms with Crippen LogP contribution in [0.1, 0.15) is 19.3 Å². The first kappa shape index (κ1) is 17.0. The number of aromatic nitrogens is 2. The average molecular weight is 362 g/mol. The van der Waals surface area contributed by atoms with E-state index in [1.54, 1.807) is 0 Å². The minimum atomic E-state index is -0.233. The molecule has 1 aromatic carbocycles. The van der Waals surface area contributed by atoms with Gasteiger partial charge in [0.15, 0.2) is 0 Å². The van der Waals surface area contributed by atoms with E-state index in [0.717, 1.165) is 21.8 Å². The number of carbonyl (C=O) groups excluding carboxylic acids is 3. The normalized spacial score (nSPS) is 14.1. The minimum absolute atomic E-state index is 0.0890. The SMILES string of the molecule is O=C(CCN1C(=O)CCC1=O)Nc1ccc(-c2cn3ccccc3n2)cc1. The zero-order chi connectivity index (χ0) is 18.8. The third kappa shape index (κ3) is 3.57. The molecule has 0 saturated carbocycles. The van der Waals surface area contributed by atoms with E-state index in [2.05, 4.69) is 10.3 Å². The van der Waals surface area contributed by atoms with Gasteiger partial charge in [0, 0.05) is 49.5 Å². The van der Waals surface area contributed by atoms with Gasteiger partial charge in [0.05, 0.1) is 5.69 Å². The first-order valence-electron chi connectivity index (χ1n) is 8.77. The monoisotopic (exact) mass is 362 g/mol. The average Bonchev–Trinajstić information content (AvgIpc) is 3.24. The number of likely N-dealkylation sites (tertiary alicyclic amines) is 1. The second-order valence-electron chi connectivity index (χ2n) is 6.41. The highest BCUT2D eigenvalue weighted by molar-refractivity contribution is 6.02. The van der Waals surface area contributed by atoms with E-state index in [-0.39, 0.29) is 43.5 Å². The van der Waals surface area contributed by atoms with E-state index in [1.807, 2.05) is 59.3 Å². The number of hydrogen-bond donors (Lipinski definition) is 1. The number of benzene rings is 1. The zero-order valence-corrected chi connectivity index (χ0v) is 14.6. The molecule has 0 unspecified atom stereocenters. The lowest BCUT2D eigenvalue weighted by atomic mass is 10.1. The van der Waals surface area contributed by atoms with Crippen molar-refractivity contribution in [3.05, 3.63) is 54.9 Å². The molecule has 0 atom stereocenters. The van der Waals surface area contributed by atoms with Crippen LogP contribution in [-0.2, 0) is 14.4 Å². The first-order valence-corrected chi connectivity index (χ1v) is 8.77. The quantitative estimate of drug-likeness (QED) is 0.707. The third-order valence-electron chi connectivity index (χ3n) is 4.55. The summed E-state index contributed by atoms with van der Waals surface area (Å²) < 4.78 is 1.95. The zero-order valence-electron chi connectivity index (χ0n) is 14.6. The Balaban J connectivity index is 1.38. The highest BCUT2D eigenvalue weighted by Gasteiger charge is 2.28. The number of nitrogens with zero attached hydrogens (tertiary/aromatic N) is 3. The Labute approximate surface area is 155 Å². The van der Waals surface area contributed by atoms with Gasteiger partial charge in [-0.25, -0.2) is 4.98 Å². The molecule has 0 spiro atoms. The molecule has 1 fully saturated rings. The van der Waals surface area contributed by atoms with Crippen LogP contribution >= 0.6 is 0 Å². The Hall–Kier alpha value is -3.48. The van der Waals surface area contributed by atoms with Gasteiger partial charge in [-0.2, -0.15) is 0 Å². The highest BCUT2D eigenvalue weighted by Crippen LogP contribution is 2.21. The summed E-state index contributed by atoms with van der Waals surface area (Å²) >= 11 is 0. The summed E-state index contributed by atoms with van der Waals surface area (Å²) in [7, 11) is 0. The molecule has 1 N–H and O–H groups in total. The fraction of sp³-hybridized carbons (Fsp3) is 0.200. The maximum Gasteiger partial charge on any atom is 0.229 e. The minimum Gasteiger partial charge on any atom is -0.326 e. The van der Waals surface area contributed by atoms with Crippen LogP contribution in [0.15, 0.2) is 54.9 Å². The standard InChI is InChI=1S/C20H18N4O3/c25-18(10-12-24-19(26)8-9-20(24)27)21-15-6-4-14(5-7-15)16-13-23-11-2-1-3-17(23)22-16/h1-7,11,13H,8-10,12H2,(H,21,25). The number of imidazole rings is 1. The van der Waals surface area contributed by atoms with Crippen molar-refractivity contribution >= 4 is 29.1 Å².